The molecule has 4 rings (SSSR count). The number of hydrogen-bond acceptors (Lipinski definition) is 6. The topological polar surface area (TPSA) is 43.4 Å². The van der Waals surface area contributed by atoms with Crippen molar-refractivity contribution in [2.75, 3.05) is 67.2 Å². The van der Waals surface area contributed by atoms with Gasteiger partial charge >= 0.3 is 0 Å². The Morgan fingerprint density at radius 3 is 1.64 bits per heavy atom. The van der Waals surface area contributed by atoms with Crippen LogP contribution >= 0.6 is 0 Å². The molecule has 3 aromatic carbocycles. The summed E-state index contributed by atoms with van der Waals surface area (Å²) >= 11 is 0. The van der Waals surface area contributed by atoms with Gasteiger partial charge in [-0.3, -0.25) is 4.90 Å². The van der Waals surface area contributed by atoms with E-state index in [1.165, 1.54) is 11.1 Å². The molecule has 1 heterocycles. The first-order chi connectivity index (χ1) is 17.7. The number of rotatable bonds is 12. The van der Waals surface area contributed by atoms with Crippen LogP contribution < -0.4 is 18.9 Å². The molecule has 0 radical (unpaired) electrons. The number of hydrogen-bond donors (Lipinski definition) is 0. The smallest absolute Gasteiger partial charge is 0.203 e. The fourth-order valence-corrected chi connectivity index (χ4v) is 4.88. The van der Waals surface area contributed by atoms with Crippen LogP contribution in [-0.2, 0) is 0 Å². The SMILES string of the molecule is COc1cc(OCCN2CCN(CCC(c3ccccc3)c3ccccc3)CC2)cc(OC)c1OC. The van der Waals surface area contributed by atoms with Crippen LogP contribution in [0.5, 0.6) is 23.0 Å². The summed E-state index contributed by atoms with van der Waals surface area (Å²) in [4.78, 5) is 5.07. The van der Waals surface area contributed by atoms with Crippen molar-refractivity contribution < 1.29 is 18.9 Å². The summed E-state index contributed by atoms with van der Waals surface area (Å²) in [5, 5.41) is 0. The molecule has 0 spiro atoms. The van der Waals surface area contributed by atoms with E-state index in [1.54, 1.807) is 21.3 Å². The highest BCUT2D eigenvalue weighted by Crippen LogP contribution is 2.40. The van der Waals surface area contributed by atoms with Crippen LogP contribution in [0.4, 0.5) is 0 Å². The number of benzene rings is 3. The molecule has 6 nitrogen and oxygen atoms in total. The van der Waals surface area contributed by atoms with Gasteiger partial charge in [0.05, 0.1) is 21.3 Å². The zero-order chi connectivity index (χ0) is 25.2. The first-order valence-corrected chi connectivity index (χ1v) is 12.7. The van der Waals surface area contributed by atoms with Crippen LogP contribution in [0.2, 0.25) is 0 Å². The monoisotopic (exact) mass is 490 g/mol. The van der Waals surface area contributed by atoms with Crippen LogP contribution in [0.25, 0.3) is 0 Å². The zero-order valence-corrected chi connectivity index (χ0v) is 21.7. The fraction of sp³-hybridized carbons (Fsp3) is 0.400. The van der Waals surface area contributed by atoms with Gasteiger partial charge in [0.15, 0.2) is 11.5 Å². The van der Waals surface area contributed by atoms with E-state index in [0.717, 1.165) is 51.4 Å². The van der Waals surface area contributed by atoms with E-state index in [0.29, 0.717) is 29.8 Å². The normalized spacial score (nSPS) is 14.6. The molecule has 36 heavy (non-hydrogen) atoms. The van der Waals surface area contributed by atoms with Crippen molar-refractivity contribution in [2.45, 2.75) is 12.3 Å². The molecule has 0 atom stereocenters. The molecule has 0 bridgehead atoms. The summed E-state index contributed by atoms with van der Waals surface area (Å²) in [5.41, 5.74) is 2.79. The highest BCUT2D eigenvalue weighted by molar-refractivity contribution is 5.55. The Bertz CT molecular complexity index is 989. The minimum absolute atomic E-state index is 0.428. The van der Waals surface area contributed by atoms with E-state index in [9.17, 15) is 0 Å². The summed E-state index contributed by atoms with van der Waals surface area (Å²) in [6, 6.07) is 25.5. The Labute approximate surface area is 215 Å². The van der Waals surface area contributed by atoms with Gasteiger partial charge in [0.2, 0.25) is 5.75 Å². The average Bonchev–Trinajstić information content (AvgIpc) is 2.94. The maximum absolute atomic E-state index is 6.03. The Hall–Kier alpha value is -3.22. The maximum atomic E-state index is 6.03. The molecule has 0 aliphatic carbocycles. The lowest BCUT2D eigenvalue weighted by Crippen LogP contribution is -2.47. The lowest BCUT2D eigenvalue weighted by atomic mass is 9.88. The lowest BCUT2D eigenvalue weighted by Gasteiger charge is -2.35. The van der Waals surface area contributed by atoms with E-state index >= 15 is 0 Å². The van der Waals surface area contributed by atoms with E-state index in [1.807, 2.05) is 12.1 Å². The second-order valence-corrected chi connectivity index (χ2v) is 9.06. The number of nitrogens with zero attached hydrogens (tertiary/aromatic N) is 2. The van der Waals surface area contributed by atoms with E-state index in [4.69, 9.17) is 18.9 Å². The first kappa shape index (κ1) is 25.9. The molecule has 1 saturated heterocycles. The molecular weight excluding hydrogens is 452 g/mol. The summed E-state index contributed by atoms with van der Waals surface area (Å²) in [6.07, 6.45) is 1.12. The van der Waals surface area contributed by atoms with Gasteiger partial charge in [-0.25, -0.2) is 0 Å². The Morgan fingerprint density at radius 2 is 1.17 bits per heavy atom. The van der Waals surface area contributed by atoms with Gasteiger partial charge in [-0.1, -0.05) is 60.7 Å². The van der Waals surface area contributed by atoms with Crippen molar-refractivity contribution in [3.05, 3.63) is 83.9 Å². The summed E-state index contributed by atoms with van der Waals surface area (Å²) in [7, 11) is 4.83. The van der Waals surface area contributed by atoms with Crippen LogP contribution in [-0.4, -0.2) is 77.0 Å². The van der Waals surface area contributed by atoms with Gasteiger partial charge in [-0.2, -0.15) is 0 Å². The van der Waals surface area contributed by atoms with Gasteiger partial charge in [-0.15, -0.1) is 0 Å². The summed E-state index contributed by atoms with van der Waals surface area (Å²) < 4.78 is 22.3. The van der Waals surface area contributed by atoms with Crippen molar-refractivity contribution in [2.24, 2.45) is 0 Å². The molecule has 192 valence electrons. The van der Waals surface area contributed by atoms with E-state index in [2.05, 4.69) is 70.5 Å². The number of piperazine rings is 1. The van der Waals surface area contributed by atoms with Crippen molar-refractivity contribution >= 4 is 0 Å². The second-order valence-electron chi connectivity index (χ2n) is 9.06. The molecule has 6 heteroatoms. The molecule has 0 N–H and O–H groups in total. The molecule has 1 aliphatic heterocycles. The van der Waals surface area contributed by atoms with Crippen molar-refractivity contribution in [3.63, 3.8) is 0 Å². The molecule has 1 fully saturated rings. The molecule has 3 aromatic rings. The zero-order valence-electron chi connectivity index (χ0n) is 21.7. The maximum Gasteiger partial charge on any atom is 0.203 e. The largest absolute Gasteiger partial charge is 0.493 e. The highest BCUT2D eigenvalue weighted by Gasteiger charge is 2.20. The van der Waals surface area contributed by atoms with E-state index < -0.39 is 0 Å². The second kappa shape index (κ2) is 13.2. The van der Waals surface area contributed by atoms with E-state index in [-0.39, 0.29) is 0 Å². The quantitative estimate of drug-likeness (QED) is 0.359. The van der Waals surface area contributed by atoms with Gasteiger partial charge in [0.25, 0.3) is 0 Å². The van der Waals surface area contributed by atoms with Gasteiger partial charge in [0, 0.05) is 50.8 Å². The van der Waals surface area contributed by atoms with Crippen LogP contribution in [0.1, 0.15) is 23.5 Å². The Morgan fingerprint density at radius 1 is 0.667 bits per heavy atom. The lowest BCUT2D eigenvalue weighted by molar-refractivity contribution is 0.115. The van der Waals surface area contributed by atoms with Crippen LogP contribution in [0.15, 0.2) is 72.8 Å². The molecular formula is C30H38N2O4. The minimum Gasteiger partial charge on any atom is -0.493 e. The summed E-state index contributed by atoms with van der Waals surface area (Å²) in [6.45, 7) is 6.88. The number of methoxy groups -OCH3 is 3. The standard InChI is InChI=1S/C30H38N2O4/c1-33-28-22-26(23-29(34-2)30(28)35-3)36-21-20-32-18-16-31(17-19-32)15-14-27(24-10-6-4-7-11-24)25-12-8-5-9-13-25/h4-13,22-23,27H,14-21H2,1-3H3. The Balaban J connectivity index is 1.24. The molecule has 0 amide bonds. The van der Waals surface area contributed by atoms with Crippen molar-refractivity contribution in [1.29, 1.82) is 0 Å². The third-order valence-electron chi connectivity index (χ3n) is 6.92. The molecule has 0 aromatic heterocycles. The van der Waals surface area contributed by atoms with Crippen LogP contribution in [0.3, 0.4) is 0 Å². The van der Waals surface area contributed by atoms with Gasteiger partial charge in [0.1, 0.15) is 12.4 Å². The molecule has 0 unspecified atom stereocenters. The minimum atomic E-state index is 0.428. The predicted octanol–water partition coefficient (Wildman–Crippen LogP) is 4.93. The Kier molecular flexibility index (Phi) is 9.47. The molecule has 0 saturated carbocycles. The van der Waals surface area contributed by atoms with Gasteiger partial charge < -0.3 is 23.8 Å². The van der Waals surface area contributed by atoms with Crippen molar-refractivity contribution in [1.82, 2.24) is 9.80 Å². The predicted molar refractivity (Wildman–Crippen MR) is 144 cm³/mol. The average molecular weight is 491 g/mol. The first-order valence-electron chi connectivity index (χ1n) is 12.7. The van der Waals surface area contributed by atoms with Gasteiger partial charge in [-0.05, 0) is 24.1 Å². The van der Waals surface area contributed by atoms with Crippen LogP contribution in [0, 0.1) is 0 Å². The summed E-state index contributed by atoms with van der Waals surface area (Å²) in [5.74, 6) is 2.92. The third-order valence-corrected chi connectivity index (χ3v) is 6.92. The fourth-order valence-electron chi connectivity index (χ4n) is 4.88. The molecule has 1 aliphatic rings. The third kappa shape index (κ3) is 6.71. The number of ether oxygens (including phenoxy) is 4. The highest BCUT2D eigenvalue weighted by atomic mass is 16.5. The van der Waals surface area contributed by atoms with Crippen molar-refractivity contribution in [3.8, 4) is 23.0 Å².